The van der Waals surface area contributed by atoms with Crippen LogP contribution < -0.4 is 10.1 Å². The van der Waals surface area contributed by atoms with Crippen LogP contribution in [-0.2, 0) is 20.9 Å². The van der Waals surface area contributed by atoms with Crippen LogP contribution in [0.25, 0.3) is 0 Å². The highest BCUT2D eigenvalue weighted by molar-refractivity contribution is 5.98. The van der Waals surface area contributed by atoms with Gasteiger partial charge >= 0.3 is 11.9 Å². The first-order valence-electron chi connectivity index (χ1n) is 14.0. The van der Waals surface area contributed by atoms with Gasteiger partial charge in [0.15, 0.2) is 0 Å². The highest BCUT2D eigenvalue weighted by Gasteiger charge is 2.38. The molecule has 1 aliphatic rings. The Kier molecular flexibility index (Phi) is 12.1. The summed E-state index contributed by atoms with van der Waals surface area (Å²) in [7, 11) is 2.11. The molecule has 0 saturated heterocycles. The number of nitrogens with one attached hydrogen (secondary N) is 1. The van der Waals surface area contributed by atoms with Gasteiger partial charge in [-0.3, -0.25) is 10.1 Å². The van der Waals surface area contributed by atoms with Crippen molar-refractivity contribution < 1.29 is 34.2 Å². The van der Waals surface area contributed by atoms with Crippen molar-refractivity contribution in [3.05, 3.63) is 92.3 Å². The average Bonchev–Trinajstić information content (AvgIpc) is 2.93. The number of nitro groups is 1. The number of nitro benzene ring substituents is 1. The maximum Gasteiger partial charge on any atom is 0.334 e. The summed E-state index contributed by atoms with van der Waals surface area (Å²) >= 11 is 0. The van der Waals surface area contributed by atoms with E-state index in [1.54, 1.807) is 0 Å². The van der Waals surface area contributed by atoms with Crippen LogP contribution >= 0.6 is 0 Å². The van der Waals surface area contributed by atoms with Gasteiger partial charge in [-0.2, -0.15) is 0 Å². The maximum absolute atomic E-state index is 12.2. The van der Waals surface area contributed by atoms with E-state index < -0.39 is 22.8 Å². The Morgan fingerprint density at radius 2 is 1.52 bits per heavy atom. The summed E-state index contributed by atoms with van der Waals surface area (Å²) in [5, 5.41) is 34.2. The van der Waals surface area contributed by atoms with Gasteiger partial charge in [-0.25, -0.2) is 9.59 Å². The molecule has 0 atom stereocenters. The normalized spacial score (nSPS) is 13.8. The van der Waals surface area contributed by atoms with Crippen LogP contribution in [0.2, 0.25) is 0 Å². The van der Waals surface area contributed by atoms with E-state index in [4.69, 9.17) is 9.47 Å². The summed E-state index contributed by atoms with van der Waals surface area (Å²) in [6, 6.07) is 14.2. The van der Waals surface area contributed by atoms with Gasteiger partial charge < -0.3 is 29.9 Å². The number of carboxylic acid groups (broad SMARTS) is 2. The van der Waals surface area contributed by atoms with Gasteiger partial charge in [-0.15, -0.1) is 0 Å². The van der Waals surface area contributed by atoms with E-state index in [1.165, 1.54) is 37.6 Å². The molecular formula is C31H39N3O8. The van der Waals surface area contributed by atoms with Gasteiger partial charge in [0, 0.05) is 48.8 Å². The van der Waals surface area contributed by atoms with Gasteiger partial charge in [-0.1, -0.05) is 30.3 Å². The lowest BCUT2D eigenvalue weighted by Crippen LogP contribution is -2.31. The van der Waals surface area contributed by atoms with Crippen molar-refractivity contribution in [2.75, 3.05) is 33.4 Å². The minimum Gasteiger partial charge on any atom is -0.493 e. The molecule has 1 heterocycles. The fourth-order valence-corrected chi connectivity index (χ4v) is 5.03. The number of dihydropyridines is 1. The minimum atomic E-state index is -1.33. The van der Waals surface area contributed by atoms with E-state index in [9.17, 15) is 29.9 Å². The lowest BCUT2D eigenvalue weighted by atomic mass is 9.80. The Bertz CT molecular complexity index is 1290. The molecule has 3 N–H and O–H groups in total. The highest BCUT2D eigenvalue weighted by Crippen LogP contribution is 2.43. The minimum absolute atomic E-state index is 0.118. The van der Waals surface area contributed by atoms with Gasteiger partial charge in [0.2, 0.25) is 0 Å². The molecule has 3 rings (SSSR count). The van der Waals surface area contributed by atoms with Gasteiger partial charge in [-0.05, 0) is 64.8 Å². The summed E-state index contributed by atoms with van der Waals surface area (Å²) in [4.78, 5) is 37.6. The quantitative estimate of drug-likeness (QED) is 0.131. The second-order valence-electron chi connectivity index (χ2n) is 10.3. The lowest BCUT2D eigenvalue weighted by molar-refractivity contribution is -0.384. The first kappa shape index (κ1) is 32.3. The molecule has 2 aromatic rings. The zero-order valence-electron chi connectivity index (χ0n) is 24.3. The van der Waals surface area contributed by atoms with Crippen molar-refractivity contribution in [1.29, 1.82) is 0 Å². The molecule has 0 fully saturated rings. The fourth-order valence-electron chi connectivity index (χ4n) is 5.03. The maximum atomic E-state index is 12.2. The third-order valence-corrected chi connectivity index (χ3v) is 7.05. The number of ether oxygens (including phenoxy) is 2. The number of carboxylic acids is 2. The molecule has 226 valence electrons. The van der Waals surface area contributed by atoms with E-state index in [2.05, 4.69) is 29.4 Å². The van der Waals surface area contributed by atoms with Gasteiger partial charge in [0.25, 0.3) is 5.69 Å². The number of rotatable bonds is 17. The zero-order chi connectivity index (χ0) is 30.6. The predicted octanol–water partition coefficient (Wildman–Crippen LogP) is 5.09. The van der Waals surface area contributed by atoms with Crippen molar-refractivity contribution in [1.82, 2.24) is 10.2 Å². The third kappa shape index (κ3) is 8.89. The number of hydrogen-bond donors (Lipinski definition) is 3. The van der Waals surface area contributed by atoms with E-state index >= 15 is 0 Å². The Balaban J connectivity index is 1.53. The van der Waals surface area contributed by atoms with Crippen LogP contribution in [0.4, 0.5) is 5.69 Å². The van der Waals surface area contributed by atoms with E-state index in [1.807, 2.05) is 18.2 Å². The van der Waals surface area contributed by atoms with Crippen molar-refractivity contribution >= 4 is 17.6 Å². The Hall–Kier alpha value is -4.22. The van der Waals surface area contributed by atoms with Crippen LogP contribution in [0.5, 0.6) is 5.75 Å². The summed E-state index contributed by atoms with van der Waals surface area (Å²) < 4.78 is 11.7. The zero-order valence-corrected chi connectivity index (χ0v) is 24.3. The fraction of sp³-hybridized carbons (Fsp3) is 0.419. The number of benzene rings is 2. The summed E-state index contributed by atoms with van der Waals surface area (Å²) in [5.41, 5.74) is 1.22. The molecule has 0 saturated carbocycles. The SMILES string of the molecule is CC1=C(C(=O)O)C(c2cc([N+](=O)[O-])ccc2OCCCCOCCCCN(C)Cc2ccccc2)C(C(=O)O)=C(C)N1. The van der Waals surface area contributed by atoms with E-state index in [0.717, 1.165) is 32.4 Å². The molecule has 0 amide bonds. The predicted molar refractivity (Wildman–Crippen MR) is 157 cm³/mol. The largest absolute Gasteiger partial charge is 0.493 e. The van der Waals surface area contributed by atoms with Gasteiger partial charge in [0.1, 0.15) is 5.75 Å². The van der Waals surface area contributed by atoms with Crippen LogP contribution in [0.15, 0.2) is 71.1 Å². The first-order valence-corrected chi connectivity index (χ1v) is 14.0. The second-order valence-corrected chi connectivity index (χ2v) is 10.3. The van der Waals surface area contributed by atoms with Crippen molar-refractivity contribution in [3.63, 3.8) is 0 Å². The summed E-state index contributed by atoms with van der Waals surface area (Å²) in [6.45, 7) is 6.42. The second kappa shape index (κ2) is 15.7. The molecule has 0 aromatic heterocycles. The Morgan fingerprint density at radius 1 is 0.929 bits per heavy atom. The van der Waals surface area contributed by atoms with Crippen LogP contribution in [0.3, 0.4) is 0 Å². The number of aliphatic carboxylic acids is 2. The topological polar surface area (TPSA) is 151 Å². The molecule has 0 radical (unpaired) electrons. The molecule has 1 aliphatic heterocycles. The summed E-state index contributed by atoms with van der Waals surface area (Å²) in [5.74, 6) is -3.71. The smallest absolute Gasteiger partial charge is 0.334 e. The van der Waals surface area contributed by atoms with Crippen molar-refractivity contribution in [2.45, 2.75) is 52.0 Å². The molecule has 0 spiro atoms. The monoisotopic (exact) mass is 581 g/mol. The number of non-ortho nitro benzene ring substituents is 1. The van der Waals surface area contributed by atoms with Crippen LogP contribution in [0.1, 0.15) is 56.6 Å². The number of carbonyl (C=O) groups is 2. The molecule has 0 aliphatic carbocycles. The van der Waals surface area contributed by atoms with Crippen LogP contribution in [-0.4, -0.2) is 65.4 Å². The molecular weight excluding hydrogens is 542 g/mol. The molecule has 0 bridgehead atoms. The molecule has 2 aromatic carbocycles. The van der Waals surface area contributed by atoms with Crippen molar-refractivity contribution in [2.24, 2.45) is 0 Å². The first-order chi connectivity index (χ1) is 20.1. The number of nitrogens with zero attached hydrogens (tertiary/aromatic N) is 2. The van der Waals surface area contributed by atoms with E-state index in [-0.39, 0.29) is 46.1 Å². The molecule has 42 heavy (non-hydrogen) atoms. The molecule has 11 heteroatoms. The number of allylic oxidation sites excluding steroid dienone is 2. The average molecular weight is 582 g/mol. The molecule has 11 nitrogen and oxygen atoms in total. The van der Waals surface area contributed by atoms with E-state index in [0.29, 0.717) is 19.6 Å². The Morgan fingerprint density at radius 3 is 2.12 bits per heavy atom. The molecule has 0 unspecified atom stereocenters. The standard InChI is InChI=1S/C31H39N3O8/c1-21-27(30(35)36)29(28(31(37)38)22(2)32-21)25-19-24(34(39)40)13-14-26(25)42-18-10-9-17-41-16-8-7-15-33(3)20-23-11-5-4-6-12-23/h4-6,11-14,19,29,32H,7-10,15-18,20H2,1-3H3,(H,35,36)(H,37,38). The highest BCUT2D eigenvalue weighted by atomic mass is 16.6. The van der Waals surface area contributed by atoms with Crippen LogP contribution in [0, 0.1) is 10.1 Å². The number of unbranched alkanes of at least 4 members (excludes halogenated alkanes) is 2. The van der Waals surface area contributed by atoms with Crippen molar-refractivity contribution in [3.8, 4) is 5.75 Å². The lowest BCUT2D eigenvalue weighted by Gasteiger charge is -2.29. The number of hydrogen-bond acceptors (Lipinski definition) is 8. The van der Waals surface area contributed by atoms with Gasteiger partial charge in [0.05, 0.1) is 28.6 Å². The Labute approximate surface area is 245 Å². The third-order valence-electron chi connectivity index (χ3n) is 7.05. The summed E-state index contributed by atoms with van der Waals surface area (Å²) in [6.07, 6.45) is 3.34.